The highest BCUT2D eigenvalue weighted by Gasteiger charge is 2.25. The van der Waals surface area contributed by atoms with Gasteiger partial charge in [-0.05, 0) is 30.9 Å². The predicted molar refractivity (Wildman–Crippen MR) is 94.8 cm³/mol. The minimum absolute atomic E-state index is 0.0540. The van der Waals surface area contributed by atoms with E-state index in [9.17, 15) is 9.90 Å². The van der Waals surface area contributed by atoms with Gasteiger partial charge >= 0.3 is 0 Å². The Morgan fingerprint density at radius 3 is 2.46 bits per heavy atom. The van der Waals surface area contributed by atoms with Gasteiger partial charge in [-0.3, -0.25) is 9.48 Å². The van der Waals surface area contributed by atoms with Crippen LogP contribution >= 0.6 is 0 Å². The number of aliphatic hydroxyl groups is 1. The number of benzene rings is 1. The first-order valence-corrected chi connectivity index (χ1v) is 8.43. The number of rotatable bonds is 7. The van der Waals surface area contributed by atoms with Crippen molar-refractivity contribution in [3.63, 3.8) is 0 Å². The molecule has 0 bridgehead atoms. The van der Waals surface area contributed by atoms with Crippen molar-refractivity contribution in [3.8, 4) is 0 Å². The summed E-state index contributed by atoms with van der Waals surface area (Å²) in [5.74, 6) is 0.219. The van der Waals surface area contributed by atoms with Crippen LogP contribution < -0.4 is 0 Å². The quantitative estimate of drug-likeness (QED) is 0.849. The van der Waals surface area contributed by atoms with Crippen LogP contribution in [0.5, 0.6) is 0 Å². The zero-order chi connectivity index (χ0) is 17.7. The Morgan fingerprint density at radius 1 is 1.25 bits per heavy atom. The highest BCUT2D eigenvalue weighted by atomic mass is 16.3. The molecule has 130 valence electrons. The van der Waals surface area contributed by atoms with Crippen molar-refractivity contribution in [1.82, 2.24) is 14.7 Å². The summed E-state index contributed by atoms with van der Waals surface area (Å²) >= 11 is 0. The summed E-state index contributed by atoms with van der Waals surface area (Å²) in [4.78, 5) is 14.9. The van der Waals surface area contributed by atoms with Crippen molar-refractivity contribution >= 4 is 5.91 Å². The molecule has 1 atom stereocenters. The Balaban J connectivity index is 2.30. The summed E-state index contributed by atoms with van der Waals surface area (Å²) in [5.41, 5.74) is 2.57. The van der Waals surface area contributed by atoms with E-state index in [0.29, 0.717) is 18.7 Å². The average molecular weight is 329 g/mol. The first-order chi connectivity index (χ1) is 11.4. The van der Waals surface area contributed by atoms with Gasteiger partial charge in [0.25, 0.3) is 5.91 Å². The van der Waals surface area contributed by atoms with Crippen LogP contribution in [0.25, 0.3) is 0 Å². The fourth-order valence-electron chi connectivity index (χ4n) is 2.67. The van der Waals surface area contributed by atoms with Crippen LogP contribution in [0.1, 0.15) is 54.9 Å². The summed E-state index contributed by atoms with van der Waals surface area (Å²) in [5, 5.41) is 13.7. The summed E-state index contributed by atoms with van der Waals surface area (Å²) in [6, 6.07) is 11.7. The average Bonchev–Trinajstić information content (AvgIpc) is 2.95. The third kappa shape index (κ3) is 4.23. The summed E-state index contributed by atoms with van der Waals surface area (Å²) in [6.45, 7) is 6.67. The number of hydrogen-bond donors (Lipinski definition) is 1. The van der Waals surface area contributed by atoms with E-state index in [2.05, 4.69) is 18.9 Å². The van der Waals surface area contributed by atoms with E-state index in [1.165, 1.54) is 0 Å². The van der Waals surface area contributed by atoms with Crippen molar-refractivity contribution in [2.75, 3.05) is 6.61 Å². The molecular formula is C19H27N3O2. The Morgan fingerprint density at radius 2 is 1.92 bits per heavy atom. The van der Waals surface area contributed by atoms with Gasteiger partial charge < -0.3 is 10.0 Å². The van der Waals surface area contributed by atoms with Crippen LogP contribution in [-0.4, -0.2) is 38.3 Å². The summed E-state index contributed by atoms with van der Waals surface area (Å²) in [6.07, 6.45) is 0.549. The number of aromatic nitrogens is 2. The molecule has 1 N–H and O–H groups in total. The smallest absolute Gasteiger partial charge is 0.272 e. The molecule has 0 aliphatic heterocycles. The molecule has 24 heavy (non-hydrogen) atoms. The van der Waals surface area contributed by atoms with Gasteiger partial charge in [0.1, 0.15) is 5.69 Å². The number of hydrogen-bond acceptors (Lipinski definition) is 3. The van der Waals surface area contributed by atoms with E-state index in [0.717, 1.165) is 11.3 Å². The van der Waals surface area contributed by atoms with Crippen LogP contribution in [-0.2, 0) is 13.6 Å². The lowest BCUT2D eigenvalue weighted by molar-refractivity contribution is 0.0637. The van der Waals surface area contributed by atoms with Crippen LogP contribution in [0.4, 0.5) is 0 Å². The Bertz CT molecular complexity index is 665. The SMILES string of the molecule is CC(C)c1cc(C(=O)N(Cc2ccccc2)C(C)CCO)n(C)n1. The maximum absolute atomic E-state index is 13.1. The largest absolute Gasteiger partial charge is 0.396 e. The van der Waals surface area contributed by atoms with Gasteiger partial charge in [0.15, 0.2) is 0 Å². The lowest BCUT2D eigenvalue weighted by atomic mass is 10.1. The van der Waals surface area contributed by atoms with Crippen molar-refractivity contribution < 1.29 is 9.90 Å². The van der Waals surface area contributed by atoms with Crippen molar-refractivity contribution in [2.24, 2.45) is 7.05 Å². The van der Waals surface area contributed by atoms with Crippen LogP contribution in [0.2, 0.25) is 0 Å². The molecule has 1 amide bonds. The standard InChI is InChI=1S/C19H27N3O2/c1-14(2)17-12-18(21(4)20-17)19(24)22(15(3)10-11-23)13-16-8-6-5-7-9-16/h5-9,12,14-15,23H,10-11,13H2,1-4H3. The Kier molecular flexibility index (Phi) is 6.15. The topological polar surface area (TPSA) is 58.4 Å². The molecule has 0 saturated carbocycles. The third-order valence-electron chi connectivity index (χ3n) is 4.24. The molecule has 5 nitrogen and oxygen atoms in total. The monoisotopic (exact) mass is 329 g/mol. The number of aryl methyl sites for hydroxylation is 1. The molecule has 0 spiro atoms. The first-order valence-electron chi connectivity index (χ1n) is 8.43. The number of aliphatic hydroxyl groups excluding tert-OH is 1. The minimum Gasteiger partial charge on any atom is -0.396 e. The molecule has 0 fully saturated rings. The van der Waals surface area contributed by atoms with E-state index >= 15 is 0 Å². The number of carbonyl (C=O) groups is 1. The fraction of sp³-hybridized carbons (Fsp3) is 0.474. The van der Waals surface area contributed by atoms with Gasteiger partial charge in [0.2, 0.25) is 0 Å². The van der Waals surface area contributed by atoms with E-state index in [-0.39, 0.29) is 24.5 Å². The van der Waals surface area contributed by atoms with E-state index in [4.69, 9.17) is 0 Å². The van der Waals surface area contributed by atoms with Gasteiger partial charge in [-0.1, -0.05) is 44.2 Å². The second-order valence-electron chi connectivity index (χ2n) is 6.51. The molecule has 0 aliphatic rings. The molecule has 5 heteroatoms. The molecule has 0 radical (unpaired) electrons. The molecule has 1 aromatic carbocycles. The van der Waals surface area contributed by atoms with Crippen LogP contribution in [0.3, 0.4) is 0 Å². The van der Waals surface area contributed by atoms with Gasteiger partial charge in [0.05, 0.1) is 5.69 Å². The molecule has 1 unspecified atom stereocenters. The lowest BCUT2D eigenvalue weighted by Crippen LogP contribution is -2.39. The second kappa shape index (κ2) is 8.11. The number of nitrogens with zero attached hydrogens (tertiary/aromatic N) is 3. The van der Waals surface area contributed by atoms with Crippen LogP contribution in [0.15, 0.2) is 36.4 Å². The van der Waals surface area contributed by atoms with Crippen molar-refractivity contribution in [1.29, 1.82) is 0 Å². The van der Waals surface area contributed by atoms with Crippen molar-refractivity contribution in [2.45, 2.75) is 45.7 Å². The first kappa shape index (κ1) is 18.2. The zero-order valence-electron chi connectivity index (χ0n) is 14.9. The third-order valence-corrected chi connectivity index (χ3v) is 4.24. The molecule has 1 aromatic heterocycles. The van der Waals surface area contributed by atoms with E-state index < -0.39 is 0 Å². The minimum atomic E-state index is -0.0555. The maximum atomic E-state index is 13.1. The molecule has 2 rings (SSSR count). The van der Waals surface area contributed by atoms with Gasteiger partial charge in [-0.2, -0.15) is 5.10 Å². The van der Waals surface area contributed by atoms with Gasteiger partial charge in [-0.15, -0.1) is 0 Å². The number of carbonyl (C=O) groups excluding carboxylic acids is 1. The normalized spacial score (nSPS) is 12.4. The van der Waals surface area contributed by atoms with E-state index in [1.54, 1.807) is 11.7 Å². The Hall–Kier alpha value is -2.14. The predicted octanol–water partition coefficient (Wildman–Crippen LogP) is 2.96. The number of amides is 1. The molecular weight excluding hydrogens is 302 g/mol. The molecule has 2 aromatic rings. The van der Waals surface area contributed by atoms with Gasteiger partial charge in [-0.25, -0.2) is 0 Å². The summed E-state index contributed by atoms with van der Waals surface area (Å²) < 4.78 is 1.65. The second-order valence-corrected chi connectivity index (χ2v) is 6.51. The highest BCUT2D eigenvalue weighted by molar-refractivity contribution is 5.93. The van der Waals surface area contributed by atoms with Crippen molar-refractivity contribution in [3.05, 3.63) is 53.3 Å². The molecule has 1 heterocycles. The highest BCUT2D eigenvalue weighted by Crippen LogP contribution is 2.19. The fourth-order valence-corrected chi connectivity index (χ4v) is 2.67. The summed E-state index contributed by atoms with van der Waals surface area (Å²) in [7, 11) is 1.80. The molecule has 0 aliphatic carbocycles. The van der Waals surface area contributed by atoms with E-state index in [1.807, 2.05) is 48.2 Å². The lowest BCUT2D eigenvalue weighted by Gasteiger charge is -2.29. The zero-order valence-corrected chi connectivity index (χ0v) is 14.9. The molecule has 0 saturated heterocycles. The van der Waals surface area contributed by atoms with Gasteiger partial charge in [0, 0.05) is 26.2 Å². The Labute approximate surface area is 143 Å². The van der Waals surface area contributed by atoms with Crippen LogP contribution in [0, 0.1) is 0 Å². The maximum Gasteiger partial charge on any atom is 0.272 e.